The highest BCUT2D eigenvalue weighted by Crippen LogP contribution is 2.34. The predicted molar refractivity (Wildman–Crippen MR) is 82.2 cm³/mol. The first-order valence-corrected chi connectivity index (χ1v) is 8.58. The minimum Gasteiger partial charge on any atom is -0.480 e. The molecule has 1 aromatic carbocycles. The van der Waals surface area contributed by atoms with E-state index in [4.69, 9.17) is 0 Å². The van der Waals surface area contributed by atoms with Crippen LogP contribution in [0.2, 0.25) is 0 Å². The van der Waals surface area contributed by atoms with Crippen molar-refractivity contribution in [1.29, 1.82) is 0 Å². The topological polar surface area (TPSA) is 79.6 Å². The van der Waals surface area contributed by atoms with Crippen molar-refractivity contribution in [3.63, 3.8) is 0 Å². The number of fused-ring (bicyclic) bond motifs is 1. The van der Waals surface area contributed by atoms with Gasteiger partial charge in [0.25, 0.3) is 0 Å². The van der Waals surface area contributed by atoms with E-state index in [-0.39, 0.29) is 11.4 Å². The number of aliphatic carboxylic acids is 1. The number of para-hydroxylation sites is 1. The lowest BCUT2D eigenvalue weighted by molar-refractivity contribution is -0.140. The monoisotopic (exact) mass is 322 g/mol. The van der Waals surface area contributed by atoms with Gasteiger partial charge in [0.05, 0.1) is 0 Å². The number of benzene rings is 1. The molecule has 0 amide bonds. The Morgan fingerprint density at radius 2 is 2.00 bits per heavy atom. The number of nitrogens with zero attached hydrogens (tertiary/aromatic N) is 2. The first-order valence-electron chi connectivity index (χ1n) is 7.14. The Kier molecular flexibility index (Phi) is 3.49. The lowest BCUT2D eigenvalue weighted by Gasteiger charge is -2.21. The molecule has 0 unspecified atom stereocenters. The normalized spacial score (nSPS) is 19.8. The van der Waals surface area contributed by atoms with E-state index in [1.165, 1.54) is 0 Å². The number of hydrogen-bond acceptors (Lipinski definition) is 3. The Labute approximate surface area is 129 Å². The third-order valence-corrected chi connectivity index (χ3v) is 6.48. The minimum atomic E-state index is -3.84. The molecule has 6 nitrogen and oxygen atoms in total. The molecular formula is C15H18N2O4S. The standard InChI is InChI=1S/C15H18N2O4S/c1-10-14(11-6-3-4-7-12(11)16(10)2)22(20,21)17-9-5-8-13(17)15(18)19/h3-4,6-7,13H,5,8-9H2,1-2H3,(H,18,19)/t13-/m0/s1. The Morgan fingerprint density at radius 3 is 2.68 bits per heavy atom. The molecular weight excluding hydrogens is 304 g/mol. The number of carboxylic acid groups (broad SMARTS) is 1. The number of sulfonamides is 1. The second kappa shape index (κ2) is 5.10. The Morgan fingerprint density at radius 1 is 1.32 bits per heavy atom. The number of aromatic nitrogens is 1. The van der Waals surface area contributed by atoms with E-state index in [1.54, 1.807) is 19.1 Å². The molecule has 1 aromatic heterocycles. The Balaban J connectivity index is 2.22. The van der Waals surface area contributed by atoms with E-state index >= 15 is 0 Å². The van der Waals surface area contributed by atoms with E-state index < -0.39 is 22.0 Å². The predicted octanol–water partition coefficient (Wildman–Crippen LogP) is 1.72. The van der Waals surface area contributed by atoms with Crippen LogP contribution in [-0.4, -0.2) is 41.0 Å². The maximum atomic E-state index is 13.0. The number of carbonyl (C=O) groups is 1. The largest absolute Gasteiger partial charge is 0.480 e. The van der Waals surface area contributed by atoms with Gasteiger partial charge in [-0.3, -0.25) is 4.79 Å². The van der Waals surface area contributed by atoms with Crippen LogP contribution in [0.1, 0.15) is 18.5 Å². The highest BCUT2D eigenvalue weighted by Gasteiger charge is 2.41. The van der Waals surface area contributed by atoms with Gasteiger partial charge in [0.2, 0.25) is 10.0 Å². The summed E-state index contributed by atoms with van der Waals surface area (Å²) in [6.07, 6.45) is 0.929. The lowest BCUT2D eigenvalue weighted by atomic mass is 10.2. The maximum Gasteiger partial charge on any atom is 0.322 e. The van der Waals surface area contributed by atoms with E-state index in [0.717, 1.165) is 9.82 Å². The Bertz CT molecular complexity index is 854. The zero-order valence-corrected chi connectivity index (χ0v) is 13.3. The zero-order valence-electron chi connectivity index (χ0n) is 12.5. The first kappa shape index (κ1) is 15.1. The van der Waals surface area contributed by atoms with Crippen LogP contribution in [0.15, 0.2) is 29.2 Å². The summed E-state index contributed by atoms with van der Waals surface area (Å²) in [5.41, 5.74) is 1.45. The van der Waals surface area contributed by atoms with Gasteiger partial charge >= 0.3 is 5.97 Å². The van der Waals surface area contributed by atoms with Crippen LogP contribution < -0.4 is 0 Å². The van der Waals surface area contributed by atoms with Gasteiger partial charge in [0.1, 0.15) is 10.9 Å². The molecule has 3 rings (SSSR count). The van der Waals surface area contributed by atoms with Crippen LogP contribution in [0.25, 0.3) is 10.9 Å². The van der Waals surface area contributed by atoms with Crippen molar-refractivity contribution >= 4 is 26.9 Å². The first-order chi connectivity index (χ1) is 10.4. The molecule has 0 radical (unpaired) electrons. The molecule has 0 bridgehead atoms. The number of aryl methyl sites for hydroxylation is 1. The number of hydrogen-bond donors (Lipinski definition) is 1. The van der Waals surface area contributed by atoms with Gasteiger partial charge < -0.3 is 9.67 Å². The van der Waals surface area contributed by atoms with E-state index in [0.29, 0.717) is 23.9 Å². The fourth-order valence-corrected chi connectivity index (χ4v) is 5.30. The second-order valence-corrected chi connectivity index (χ2v) is 7.43. The van der Waals surface area contributed by atoms with Gasteiger partial charge in [-0.05, 0) is 25.8 Å². The third kappa shape index (κ3) is 2.04. The number of carboxylic acids is 1. The molecule has 2 heterocycles. The summed E-state index contributed by atoms with van der Waals surface area (Å²) in [5.74, 6) is -1.08. The summed E-state index contributed by atoms with van der Waals surface area (Å²) < 4.78 is 29.0. The van der Waals surface area contributed by atoms with E-state index in [1.807, 2.05) is 23.7 Å². The summed E-state index contributed by atoms with van der Waals surface area (Å²) in [6.45, 7) is 2.00. The van der Waals surface area contributed by atoms with Crippen molar-refractivity contribution < 1.29 is 18.3 Å². The average Bonchev–Trinajstić information content (AvgIpc) is 3.05. The quantitative estimate of drug-likeness (QED) is 0.933. The minimum absolute atomic E-state index is 0.221. The van der Waals surface area contributed by atoms with Crippen molar-refractivity contribution in [3.05, 3.63) is 30.0 Å². The van der Waals surface area contributed by atoms with E-state index in [2.05, 4.69) is 0 Å². The van der Waals surface area contributed by atoms with Crippen LogP contribution in [0.3, 0.4) is 0 Å². The van der Waals surface area contributed by atoms with Gasteiger partial charge in [-0.15, -0.1) is 0 Å². The summed E-state index contributed by atoms with van der Waals surface area (Å²) in [6, 6.07) is 6.30. The molecule has 7 heteroatoms. The van der Waals surface area contributed by atoms with Gasteiger partial charge in [0, 0.05) is 30.2 Å². The number of rotatable bonds is 3. The summed E-state index contributed by atoms with van der Waals surface area (Å²) in [4.78, 5) is 11.6. The van der Waals surface area contributed by atoms with Crippen molar-refractivity contribution in [3.8, 4) is 0 Å². The van der Waals surface area contributed by atoms with Crippen molar-refractivity contribution in [2.75, 3.05) is 6.54 Å². The molecule has 1 atom stereocenters. The highest BCUT2D eigenvalue weighted by molar-refractivity contribution is 7.89. The smallest absolute Gasteiger partial charge is 0.322 e. The summed E-state index contributed by atoms with van der Waals surface area (Å²) >= 11 is 0. The Hall–Kier alpha value is -1.86. The van der Waals surface area contributed by atoms with Gasteiger partial charge in [0.15, 0.2) is 0 Å². The summed E-state index contributed by atoms with van der Waals surface area (Å²) in [7, 11) is -2.02. The fraction of sp³-hybridized carbons (Fsp3) is 0.400. The molecule has 1 N–H and O–H groups in total. The van der Waals surface area contributed by atoms with Crippen LogP contribution >= 0.6 is 0 Å². The molecule has 1 aliphatic rings. The van der Waals surface area contributed by atoms with Crippen molar-refractivity contribution in [2.24, 2.45) is 7.05 Å². The highest BCUT2D eigenvalue weighted by atomic mass is 32.2. The van der Waals surface area contributed by atoms with Crippen molar-refractivity contribution in [1.82, 2.24) is 8.87 Å². The van der Waals surface area contributed by atoms with Crippen molar-refractivity contribution in [2.45, 2.75) is 30.7 Å². The van der Waals surface area contributed by atoms with Gasteiger partial charge in [-0.1, -0.05) is 18.2 Å². The molecule has 22 heavy (non-hydrogen) atoms. The molecule has 0 saturated carbocycles. The van der Waals surface area contributed by atoms with Crippen LogP contribution in [-0.2, 0) is 21.9 Å². The second-order valence-electron chi connectivity index (χ2n) is 5.60. The molecule has 2 aromatic rings. The SMILES string of the molecule is Cc1c(S(=O)(=O)N2CCC[C@H]2C(=O)O)c2ccccc2n1C. The average molecular weight is 322 g/mol. The van der Waals surface area contributed by atoms with Gasteiger partial charge in [-0.2, -0.15) is 4.31 Å². The molecule has 118 valence electrons. The fourth-order valence-electron chi connectivity index (χ4n) is 3.20. The molecule has 1 fully saturated rings. The maximum absolute atomic E-state index is 13.0. The molecule has 1 saturated heterocycles. The third-order valence-electron chi connectivity index (χ3n) is 4.40. The van der Waals surface area contributed by atoms with Crippen LogP contribution in [0.5, 0.6) is 0 Å². The molecule has 1 aliphatic heterocycles. The lowest BCUT2D eigenvalue weighted by Crippen LogP contribution is -2.40. The molecule has 0 aliphatic carbocycles. The van der Waals surface area contributed by atoms with Crippen LogP contribution in [0.4, 0.5) is 0 Å². The molecule has 0 spiro atoms. The van der Waals surface area contributed by atoms with Crippen LogP contribution in [0, 0.1) is 6.92 Å². The van der Waals surface area contributed by atoms with E-state index in [9.17, 15) is 18.3 Å². The van der Waals surface area contributed by atoms with Gasteiger partial charge in [-0.25, -0.2) is 8.42 Å². The summed E-state index contributed by atoms with van der Waals surface area (Å²) in [5, 5.41) is 9.91. The zero-order chi connectivity index (χ0) is 16.1.